The minimum Gasteiger partial charge on any atom is -0.495 e. The van der Waals surface area contributed by atoms with Crippen LogP contribution >= 0.6 is 0 Å². The lowest BCUT2D eigenvalue weighted by atomic mass is 10.2. The highest BCUT2D eigenvalue weighted by Crippen LogP contribution is 2.27. The Balaban J connectivity index is 2.94. The van der Waals surface area contributed by atoms with Crippen molar-refractivity contribution >= 4 is 17.3 Å². The fraction of sp³-hybridized carbons (Fsp3) is 0.462. The molecule has 1 aromatic rings. The van der Waals surface area contributed by atoms with Gasteiger partial charge in [0.05, 0.1) is 19.3 Å². The van der Waals surface area contributed by atoms with E-state index in [0.29, 0.717) is 18.0 Å². The minimum atomic E-state index is -0.0146. The molecule has 1 amide bonds. The van der Waals surface area contributed by atoms with Crippen molar-refractivity contribution in [2.75, 3.05) is 37.9 Å². The van der Waals surface area contributed by atoms with Gasteiger partial charge in [-0.25, -0.2) is 0 Å². The van der Waals surface area contributed by atoms with Gasteiger partial charge < -0.3 is 20.7 Å². The topological polar surface area (TPSA) is 67.6 Å². The van der Waals surface area contributed by atoms with Gasteiger partial charge >= 0.3 is 0 Å². The molecule has 100 valence electrons. The van der Waals surface area contributed by atoms with Crippen molar-refractivity contribution in [1.82, 2.24) is 5.32 Å². The van der Waals surface area contributed by atoms with Crippen molar-refractivity contribution < 1.29 is 9.53 Å². The number of hydrogen-bond donors (Lipinski definition) is 2. The summed E-state index contributed by atoms with van der Waals surface area (Å²) in [5.41, 5.74) is 7.31. The Labute approximate surface area is 108 Å². The molecule has 1 aromatic carbocycles. The standard InChI is InChI=1S/C13H21N3O2/c1-4-7-16(9-13(17)15-2)10-5-6-11(14)12(8-10)18-3/h5-6,8H,4,7,9,14H2,1-3H3,(H,15,17). The fourth-order valence-electron chi connectivity index (χ4n) is 1.72. The molecule has 0 aromatic heterocycles. The predicted octanol–water partition coefficient (Wildman–Crippen LogP) is 1.24. The molecule has 0 aliphatic rings. The number of nitrogens with one attached hydrogen (secondary N) is 1. The molecule has 18 heavy (non-hydrogen) atoms. The summed E-state index contributed by atoms with van der Waals surface area (Å²) < 4.78 is 5.19. The van der Waals surface area contributed by atoms with E-state index < -0.39 is 0 Å². The Bertz CT molecular complexity index is 407. The molecule has 0 radical (unpaired) electrons. The van der Waals surface area contributed by atoms with Gasteiger partial charge in [-0.15, -0.1) is 0 Å². The highest BCUT2D eigenvalue weighted by molar-refractivity contribution is 5.81. The van der Waals surface area contributed by atoms with Crippen LogP contribution in [0.3, 0.4) is 0 Å². The molecule has 5 heteroatoms. The second-order valence-corrected chi connectivity index (χ2v) is 4.02. The normalized spacial score (nSPS) is 9.94. The number of nitrogens with two attached hydrogens (primary N) is 1. The van der Waals surface area contributed by atoms with Crippen LogP contribution in [0.15, 0.2) is 18.2 Å². The lowest BCUT2D eigenvalue weighted by molar-refractivity contribution is -0.119. The fourth-order valence-corrected chi connectivity index (χ4v) is 1.72. The summed E-state index contributed by atoms with van der Waals surface area (Å²) >= 11 is 0. The first kappa shape index (κ1) is 14.2. The van der Waals surface area contributed by atoms with E-state index in [2.05, 4.69) is 12.2 Å². The first-order chi connectivity index (χ1) is 8.62. The van der Waals surface area contributed by atoms with Gasteiger partial charge in [0, 0.05) is 25.3 Å². The second kappa shape index (κ2) is 6.74. The van der Waals surface area contributed by atoms with Crippen LogP contribution in [0.25, 0.3) is 0 Å². The van der Waals surface area contributed by atoms with Gasteiger partial charge in [-0.3, -0.25) is 4.79 Å². The Hall–Kier alpha value is -1.91. The van der Waals surface area contributed by atoms with Crippen LogP contribution in [0.2, 0.25) is 0 Å². The number of benzene rings is 1. The number of rotatable bonds is 6. The van der Waals surface area contributed by atoms with Crippen LogP contribution in [0, 0.1) is 0 Å². The summed E-state index contributed by atoms with van der Waals surface area (Å²) in [6, 6.07) is 5.55. The van der Waals surface area contributed by atoms with E-state index >= 15 is 0 Å². The van der Waals surface area contributed by atoms with Crippen molar-refractivity contribution in [1.29, 1.82) is 0 Å². The zero-order valence-corrected chi connectivity index (χ0v) is 11.2. The summed E-state index contributed by atoms with van der Waals surface area (Å²) in [4.78, 5) is 13.5. The molecule has 0 fully saturated rings. The van der Waals surface area contributed by atoms with Crippen LogP contribution in [0.1, 0.15) is 13.3 Å². The average molecular weight is 251 g/mol. The average Bonchev–Trinajstić information content (AvgIpc) is 2.38. The van der Waals surface area contributed by atoms with Crippen molar-refractivity contribution in [3.05, 3.63) is 18.2 Å². The number of amides is 1. The van der Waals surface area contributed by atoms with E-state index in [9.17, 15) is 4.79 Å². The molecule has 3 N–H and O–H groups in total. The number of carbonyl (C=O) groups excluding carboxylic acids is 1. The Kier molecular flexibility index (Phi) is 5.30. The van der Waals surface area contributed by atoms with Gasteiger partial charge in [0.2, 0.25) is 5.91 Å². The number of anilines is 2. The number of likely N-dealkylation sites (N-methyl/N-ethyl adjacent to an activating group) is 1. The van der Waals surface area contributed by atoms with Gasteiger partial charge in [-0.2, -0.15) is 0 Å². The molecule has 1 rings (SSSR count). The third-order valence-electron chi connectivity index (χ3n) is 2.69. The smallest absolute Gasteiger partial charge is 0.239 e. The highest BCUT2D eigenvalue weighted by atomic mass is 16.5. The lowest BCUT2D eigenvalue weighted by Gasteiger charge is -2.24. The van der Waals surface area contributed by atoms with E-state index in [4.69, 9.17) is 10.5 Å². The Morgan fingerprint density at radius 1 is 1.50 bits per heavy atom. The second-order valence-electron chi connectivity index (χ2n) is 4.02. The molecule has 0 saturated carbocycles. The molecular formula is C13H21N3O2. The van der Waals surface area contributed by atoms with E-state index in [0.717, 1.165) is 18.7 Å². The predicted molar refractivity (Wildman–Crippen MR) is 74.0 cm³/mol. The maximum Gasteiger partial charge on any atom is 0.239 e. The number of nitrogens with zero attached hydrogens (tertiary/aromatic N) is 1. The van der Waals surface area contributed by atoms with Crippen molar-refractivity contribution in [2.45, 2.75) is 13.3 Å². The van der Waals surface area contributed by atoms with Crippen molar-refractivity contribution in [2.24, 2.45) is 0 Å². The summed E-state index contributed by atoms with van der Waals surface area (Å²) in [7, 11) is 3.22. The molecule has 0 spiro atoms. The first-order valence-corrected chi connectivity index (χ1v) is 6.01. The van der Waals surface area contributed by atoms with E-state index in [-0.39, 0.29) is 5.91 Å². The van der Waals surface area contributed by atoms with Gasteiger partial charge in [0.1, 0.15) is 5.75 Å². The number of hydrogen-bond acceptors (Lipinski definition) is 4. The van der Waals surface area contributed by atoms with Gasteiger partial charge in [-0.1, -0.05) is 6.92 Å². The molecule has 0 atom stereocenters. The molecule has 0 saturated heterocycles. The van der Waals surface area contributed by atoms with E-state index in [1.807, 2.05) is 17.0 Å². The maximum absolute atomic E-state index is 11.5. The monoisotopic (exact) mass is 251 g/mol. The molecule has 0 heterocycles. The van der Waals surface area contributed by atoms with Gasteiger partial charge in [-0.05, 0) is 18.6 Å². The van der Waals surface area contributed by atoms with Gasteiger partial charge in [0.15, 0.2) is 0 Å². The molecule has 0 aliphatic heterocycles. The molecular weight excluding hydrogens is 230 g/mol. The van der Waals surface area contributed by atoms with Crippen molar-refractivity contribution in [3.63, 3.8) is 0 Å². The van der Waals surface area contributed by atoms with Crippen LogP contribution in [-0.4, -0.2) is 33.2 Å². The zero-order chi connectivity index (χ0) is 13.5. The van der Waals surface area contributed by atoms with E-state index in [1.165, 1.54) is 0 Å². The molecule has 0 aliphatic carbocycles. The first-order valence-electron chi connectivity index (χ1n) is 6.01. The minimum absolute atomic E-state index is 0.0146. The lowest BCUT2D eigenvalue weighted by Crippen LogP contribution is -2.36. The van der Waals surface area contributed by atoms with Crippen LogP contribution < -0.4 is 20.7 Å². The van der Waals surface area contributed by atoms with Crippen LogP contribution in [0.4, 0.5) is 11.4 Å². The summed E-state index contributed by atoms with van der Waals surface area (Å²) in [5, 5.41) is 2.63. The zero-order valence-electron chi connectivity index (χ0n) is 11.2. The number of ether oxygens (including phenoxy) is 1. The number of methoxy groups -OCH3 is 1. The third-order valence-corrected chi connectivity index (χ3v) is 2.69. The number of carbonyl (C=O) groups is 1. The van der Waals surface area contributed by atoms with Crippen LogP contribution in [-0.2, 0) is 4.79 Å². The van der Waals surface area contributed by atoms with Gasteiger partial charge in [0.25, 0.3) is 0 Å². The third kappa shape index (κ3) is 3.55. The van der Waals surface area contributed by atoms with Crippen LogP contribution in [0.5, 0.6) is 5.75 Å². The summed E-state index contributed by atoms with van der Waals surface area (Å²) in [5.74, 6) is 0.616. The molecule has 0 unspecified atom stereocenters. The molecule has 5 nitrogen and oxygen atoms in total. The highest BCUT2D eigenvalue weighted by Gasteiger charge is 2.11. The maximum atomic E-state index is 11.5. The quantitative estimate of drug-likeness (QED) is 0.746. The van der Waals surface area contributed by atoms with Crippen molar-refractivity contribution in [3.8, 4) is 5.75 Å². The molecule has 0 bridgehead atoms. The van der Waals surface area contributed by atoms with E-state index in [1.54, 1.807) is 20.2 Å². The largest absolute Gasteiger partial charge is 0.495 e. The Morgan fingerprint density at radius 2 is 2.22 bits per heavy atom. The Morgan fingerprint density at radius 3 is 2.78 bits per heavy atom. The summed E-state index contributed by atoms with van der Waals surface area (Å²) in [6.45, 7) is 3.21. The summed E-state index contributed by atoms with van der Waals surface area (Å²) in [6.07, 6.45) is 0.962. The SMILES string of the molecule is CCCN(CC(=O)NC)c1ccc(N)c(OC)c1. The number of nitrogen functional groups attached to an aromatic ring is 1.